The Hall–Kier alpha value is -1.81. The van der Waals surface area contributed by atoms with Crippen LogP contribution in [-0.4, -0.2) is 4.98 Å². The smallest absolute Gasteiger partial charge is 0.0325 e. The molecule has 0 aliphatic heterocycles. The molecule has 1 aliphatic rings. The van der Waals surface area contributed by atoms with Crippen LogP contribution in [0.3, 0.4) is 0 Å². The van der Waals surface area contributed by atoms with Gasteiger partial charge in [-0.05, 0) is 40.8 Å². The van der Waals surface area contributed by atoms with Crippen LogP contribution in [0, 0.1) is 5.41 Å². The number of hydrogen-bond acceptors (Lipinski definition) is 1. The summed E-state index contributed by atoms with van der Waals surface area (Å²) < 4.78 is 0. The molecule has 0 bridgehead atoms. The van der Waals surface area contributed by atoms with Crippen molar-refractivity contribution in [1.82, 2.24) is 4.98 Å². The minimum Gasteiger partial charge on any atom is -0.265 e. The van der Waals surface area contributed by atoms with Gasteiger partial charge in [-0.15, -0.1) is 0 Å². The molecule has 0 N–H and O–H groups in total. The summed E-state index contributed by atoms with van der Waals surface area (Å²) in [6.07, 6.45) is 7.77. The molecule has 80 valence electrons. The lowest BCUT2D eigenvalue weighted by atomic mass is 9.83. The van der Waals surface area contributed by atoms with Crippen molar-refractivity contribution in [2.75, 3.05) is 0 Å². The van der Waals surface area contributed by atoms with Crippen molar-refractivity contribution in [2.24, 2.45) is 5.41 Å². The molecule has 0 amide bonds. The van der Waals surface area contributed by atoms with Crippen LogP contribution in [-0.2, 0) is 0 Å². The van der Waals surface area contributed by atoms with Crippen molar-refractivity contribution in [2.45, 2.75) is 20.8 Å². The number of allylic oxidation sites excluding steroid dienone is 4. The van der Waals surface area contributed by atoms with Gasteiger partial charge in [-0.2, -0.15) is 0 Å². The molecule has 0 radical (unpaired) electrons. The number of rotatable bonds is 1. The fraction of sp³-hybridized carbons (Fsp3) is 0.267. The predicted molar refractivity (Wildman–Crippen MR) is 66.8 cm³/mol. The highest BCUT2D eigenvalue weighted by atomic mass is 14.6. The van der Waals surface area contributed by atoms with Crippen LogP contribution in [0.2, 0.25) is 0 Å². The minimum atomic E-state index is 0.146. The molecule has 2 rings (SSSR count). The second kappa shape index (κ2) is 3.98. The average molecular weight is 209 g/mol. The van der Waals surface area contributed by atoms with Crippen LogP contribution in [0.1, 0.15) is 26.3 Å². The molecule has 1 aliphatic carbocycles. The molecule has 0 atom stereocenters. The van der Waals surface area contributed by atoms with Gasteiger partial charge in [0.25, 0.3) is 0 Å². The highest BCUT2D eigenvalue weighted by Crippen LogP contribution is 2.30. The molecule has 1 aromatic heterocycles. The van der Waals surface area contributed by atoms with Crippen molar-refractivity contribution < 1.29 is 0 Å². The standard InChI is InChI=1S/C15H15N/c1-15(2,3)14-6-4-5-13(11-14)12-7-9-16-10-8-12/h6-11H,1-3H3. The maximum absolute atomic E-state index is 4.02. The molecule has 0 aromatic carbocycles. The van der Waals surface area contributed by atoms with Gasteiger partial charge in [-0.25, -0.2) is 0 Å². The van der Waals surface area contributed by atoms with Gasteiger partial charge in [-0.1, -0.05) is 32.2 Å². The van der Waals surface area contributed by atoms with E-state index >= 15 is 0 Å². The highest BCUT2D eigenvalue weighted by Gasteiger charge is 2.16. The van der Waals surface area contributed by atoms with E-state index in [9.17, 15) is 0 Å². The van der Waals surface area contributed by atoms with Crippen LogP contribution in [0.5, 0.6) is 0 Å². The third-order valence-corrected chi connectivity index (χ3v) is 2.59. The highest BCUT2D eigenvalue weighted by molar-refractivity contribution is 5.75. The zero-order valence-corrected chi connectivity index (χ0v) is 9.91. The Bertz CT molecular complexity index is 514. The van der Waals surface area contributed by atoms with Crippen LogP contribution < -0.4 is 0 Å². The van der Waals surface area contributed by atoms with E-state index in [4.69, 9.17) is 0 Å². The normalized spacial score (nSPS) is 14.7. The first-order chi connectivity index (χ1) is 7.57. The van der Waals surface area contributed by atoms with E-state index in [1.165, 1.54) is 5.57 Å². The van der Waals surface area contributed by atoms with Gasteiger partial charge in [-0.3, -0.25) is 4.98 Å². The molecular formula is C15H15N. The molecule has 0 saturated carbocycles. The van der Waals surface area contributed by atoms with Crippen molar-refractivity contribution in [3.05, 3.63) is 59.3 Å². The van der Waals surface area contributed by atoms with E-state index in [0.29, 0.717) is 0 Å². The Morgan fingerprint density at radius 3 is 2.44 bits per heavy atom. The number of aromatic nitrogens is 1. The summed E-state index contributed by atoms with van der Waals surface area (Å²) in [5.74, 6) is 0. The SMILES string of the molecule is CC(C)(C)C1=CC(c2ccncc2)=C=C=C1. The maximum Gasteiger partial charge on any atom is 0.0325 e. The van der Waals surface area contributed by atoms with Gasteiger partial charge in [0.15, 0.2) is 0 Å². The molecule has 1 heteroatoms. The van der Waals surface area contributed by atoms with Crippen molar-refractivity contribution in [3.8, 4) is 0 Å². The van der Waals surface area contributed by atoms with E-state index in [1.807, 2.05) is 18.2 Å². The van der Waals surface area contributed by atoms with E-state index in [1.54, 1.807) is 12.4 Å². The molecule has 1 aromatic rings. The van der Waals surface area contributed by atoms with E-state index in [-0.39, 0.29) is 5.41 Å². The van der Waals surface area contributed by atoms with Gasteiger partial charge in [0, 0.05) is 18.0 Å². The van der Waals surface area contributed by atoms with Gasteiger partial charge >= 0.3 is 0 Å². The molecular weight excluding hydrogens is 194 g/mol. The molecule has 0 fully saturated rings. The second-order valence-electron chi connectivity index (χ2n) is 4.91. The first kappa shape index (κ1) is 10.7. The fourth-order valence-corrected chi connectivity index (χ4v) is 1.54. The summed E-state index contributed by atoms with van der Waals surface area (Å²) in [4.78, 5) is 4.02. The summed E-state index contributed by atoms with van der Waals surface area (Å²) >= 11 is 0. The van der Waals surface area contributed by atoms with Crippen LogP contribution >= 0.6 is 0 Å². The van der Waals surface area contributed by atoms with E-state index in [0.717, 1.165) is 11.1 Å². The number of nitrogens with zero attached hydrogens (tertiary/aromatic N) is 1. The largest absolute Gasteiger partial charge is 0.265 e. The Balaban J connectivity index is 2.43. The lowest BCUT2D eigenvalue weighted by molar-refractivity contribution is 0.517. The summed E-state index contributed by atoms with van der Waals surface area (Å²) in [6.45, 7) is 6.60. The quantitative estimate of drug-likeness (QED) is 0.642. The molecule has 16 heavy (non-hydrogen) atoms. The van der Waals surface area contributed by atoms with Crippen LogP contribution in [0.25, 0.3) is 5.57 Å². The van der Waals surface area contributed by atoms with Gasteiger partial charge in [0.05, 0.1) is 0 Å². The van der Waals surface area contributed by atoms with Crippen molar-refractivity contribution in [3.63, 3.8) is 0 Å². The molecule has 1 heterocycles. The third-order valence-electron chi connectivity index (χ3n) is 2.59. The van der Waals surface area contributed by atoms with Crippen LogP contribution in [0.4, 0.5) is 0 Å². The van der Waals surface area contributed by atoms with Gasteiger partial charge in [0.1, 0.15) is 0 Å². The lowest BCUT2D eigenvalue weighted by Gasteiger charge is -2.20. The molecule has 1 nitrogen and oxygen atoms in total. The Kier molecular flexibility index (Phi) is 2.66. The first-order valence-electron chi connectivity index (χ1n) is 5.42. The third kappa shape index (κ3) is 2.23. The van der Waals surface area contributed by atoms with Crippen LogP contribution in [0.15, 0.2) is 53.7 Å². The molecule has 0 spiro atoms. The zero-order valence-electron chi connectivity index (χ0n) is 9.91. The average Bonchev–Trinajstić information content (AvgIpc) is 2.29. The topological polar surface area (TPSA) is 12.9 Å². The maximum atomic E-state index is 4.02. The second-order valence-corrected chi connectivity index (χ2v) is 4.91. The van der Waals surface area contributed by atoms with Gasteiger partial charge < -0.3 is 0 Å². The summed E-state index contributed by atoms with van der Waals surface area (Å²) in [6, 6.07) is 3.98. The monoisotopic (exact) mass is 209 g/mol. The Morgan fingerprint density at radius 2 is 1.81 bits per heavy atom. The van der Waals surface area contributed by atoms with Gasteiger partial charge in [0.2, 0.25) is 0 Å². The number of hydrogen-bond donors (Lipinski definition) is 0. The zero-order chi connectivity index (χ0) is 11.6. The molecule has 0 saturated heterocycles. The van der Waals surface area contributed by atoms with E-state index < -0.39 is 0 Å². The summed E-state index contributed by atoms with van der Waals surface area (Å²) in [7, 11) is 0. The predicted octanol–water partition coefficient (Wildman–Crippen LogP) is 3.76. The lowest BCUT2D eigenvalue weighted by Crippen LogP contribution is -2.08. The minimum absolute atomic E-state index is 0.146. The first-order valence-corrected chi connectivity index (χ1v) is 5.42. The summed E-state index contributed by atoms with van der Waals surface area (Å²) in [5, 5.41) is 0. The Morgan fingerprint density at radius 1 is 1.12 bits per heavy atom. The summed E-state index contributed by atoms with van der Waals surface area (Å²) in [5.41, 5.74) is 9.87. The molecule has 0 unspecified atom stereocenters. The number of pyridine rings is 1. The fourth-order valence-electron chi connectivity index (χ4n) is 1.54. The Labute approximate surface area is 96.5 Å². The van der Waals surface area contributed by atoms with E-state index in [2.05, 4.69) is 43.3 Å². The van der Waals surface area contributed by atoms with Crippen molar-refractivity contribution in [1.29, 1.82) is 0 Å². The van der Waals surface area contributed by atoms with Crippen molar-refractivity contribution >= 4 is 5.57 Å².